The van der Waals surface area contributed by atoms with Crippen LogP contribution in [-0.2, 0) is 0 Å². The van der Waals surface area contributed by atoms with Gasteiger partial charge in [0.2, 0.25) is 0 Å². The molecule has 2 N–H and O–H groups in total. The number of hydrogen-bond donors (Lipinski definition) is 1. The molecular formula is C15H22ClFN2. The van der Waals surface area contributed by atoms with Crippen molar-refractivity contribution in [2.45, 2.75) is 26.3 Å². The Bertz CT molecular complexity index is 418. The van der Waals surface area contributed by atoms with Crippen molar-refractivity contribution in [2.75, 3.05) is 19.6 Å². The lowest BCUT2D eigenvalue weighted by Crippen LogP contribution is -2.43. The van der Waals surface area contributed by atoms with Crippen molar-refractivity contribution < 1.29 is 4.39 Å². The number of likely N-dealkylation sites (tertiary alicyclic amines) is 1. The third-order valence-corrected chi connectivity index (χ3v) is 4.52. The van der Waals surface area contributed by atoms with E-state index >= 15 is 0 Å². The molecule has 106 valence electrons. The number of benzene rings is 1. The molecule has 0 aliphatic carbocycles. The molecule has 2 rings (SSSR count). The maximum atomic E-state index is 13.5. The van der Waals surface area contributed by atoms with Crippen LogP contribution in [0.2, 0.25) is 5.02 Å². The van der Waals surface area contributed by atoms with E-state index in [0.29, 0.717) is 17.5 Å². The van der Waals surface area contributed by atoms with E-state index in [4.69, 9.17) is 17.3 Å². The number of nitrogens with two attached hydrogens (primary N) is 1. The topological polar surface area (TPSA) is 29.3 Å². The van der Waals surface area contributed by atoms with Crippen molar-refractivity contribution in [3.05, 3.63) is 34.6 Å². The van der Waals surface area contributed by atoms with Gasteiger partial charge in [0.25, 0.3) is 0 Å². The van der Waals surface area contributed by atoms with Crippen LogP contribution in [0.3, 0.4) is 0 Å². The fraction of sp³-hybridized carbons (Fsp3) is 0.600. The Labute approximate surface area is 119 Å². The predicted octanol–water partition coefficient (Wildman–Crippen LogP) is 3.46. The molecule has 4 heteroatoms. The van der Waals surface area contributed by atoms with E-state index in [1.54, 1.807) is 6.07 Å². The Morgan fingerprint density at radius 3 is 2.68 bits per heavy atom. The Morgan fingerprint density at radius 2 is 2.11 bits per heavy atom. The quantitative estimate of drug-likeness (QED) is 0.921. The molecule has 1 aromatic carbocycles. The second-order valence-corrected chi connectivity index (χ2v) is 6.13. The van der Waals surface area contributed by atoms with Crippen LogP contribution in [0.15, 0.2) is 18.2 Å². The number of hydrogen-bond acceptors (Lipinski definition) is 2. The molecule has 1 aliphatic rings. The van der Waals surface area contributed by atoms with Gasteiger partial charge in [-0.05, 0) is 48.6 Å². The van der Waals surface area contributed by atoms with Gasteiger partial charge in [-0.15, -0.1) is 0 Å². The van der Waals surface area contributed by atoms with E-state index in [-0.39, 0.29) is 11.9 Å². The van der Waals surface area contributed by atoms with E-state index in [9.17, 15) is 4.39 Å². The first kappa shape index (κ1) is 14.8. The van der Waals surface area contributed by atoms with Crippen LogP contribution in [0, 0.1) is 17.7 Å². The molecule has 19 heavy (non-hydrogen) atoms. The summed E-state index contributed by atoms with van der Waals surface area (Å²) in [5.74, 6) is 1.09. The molecule has 0 bridgehead atoms. The first-order valence-corrected chi connectivity index (χ1v) is 7.29. The van der Waals surface area contributed by atoms with E-state index in [0.717, 1.165) is 24.6 Å². The van der Waals surface area contributed by atoms with Gasteiger partial charge in [0.1, 0.15) is 5.82 Å². The second kappa shape index (κ2) is 6.21. The molecule has 3 unspecified atom stereocenters. The first-order valence-electron chi connectivity index (χ1n) is 6.91. The summed E-state index contributed by atoms with van der Waals surface area (Å²) in [4.78, 5) is 2.36. The van der Waals surface area contributed by atoms with Crippen LogP contribution in [0.4, 0.5) is 4.39 Å². The molecule has 3 atom stereocenters. The highest BCUT2D eigenvalue weighted by Crippen LogP contribution is 2.30. The Balaban J connectivity index is 2.19. The molecule has 1 fully saturated rings. The summed E-state index contributed by atoms with van der Waals surface area (Å²) in [6, 6.07) is 4.76. The van der Waals surface area contributed by atoms with Crippen molar-refractivity contribution in [1.82, 2.24) is 4.90 Å². The largest absolute Gasteiger partial charge is 0.329 e. The van der Waals surface area contributed by atoms with Crippen molar-refractivity contribution in [1.29, 1.82) is 0 Å². The maximum Gasteiger partial charge on any atom is 0.125 e. The molecule has 1 saturated heterocycles. The van der Waals surface area contributed by atoms with Crippen LogP contribution < -0.4 is 5.73 Å². The minimum absolute atomic E-state index is 0.0585. The van der Waals surface area contributed by atoms with Gasteiger partial charge in [0.05, 0.1) is 0 Å². The highest BCUT2D eigenvalue weighted by molar-refractivity contribution is 6.30. The minimum atomic E-state index is -0.292. The summed E-state index contributed by atoms with van der Waals surface area (Å²) in [7, 11) is 0. The molecule has 0 saturated carbocycles. The monoisotopic (exact) mass is 284 g/mol. The van der Waals surface area contributed by atoms with E-state index < -0.39 is 0 Å². The van der Waals surface area contributed by atoms with Crippen LogP contribution in [0.1, 0.15) is 31.9 Å². The Morgan fingerprint density at radius 1 is 1.37 bits per heavy atom. The standard InChI is InChI=1S/C15H22ClFN2/c1-10-3-4-19(9-11(10)2)15(8-18)12-5-13(16)7-14(17)6-12/h5-7,10-11,15H,3-4,8-9,18H2,1-2H3. The van der Waals surface area contributed by atoms with Crippen molar-refractivity contribution in [3.63, 3.8) is 0 Å². The van der Waals surface area contributed by atoms with Gasteiger partial charge in [0, 0.05) is 24.2 Å². The van der Waals surface area contributed by atoms with Crippen LogP contribution in [0.5, 0.6) is 0 Å². The van der Waals surface area contributed by atoms with Gasteiger partial charge in [-0.3, -0.25) is 4.90 Å². The molecule has 1 aliphatic heterocycles. The third-order valence-electron chi connectivity index (χ3n) is 4.30. The number of rotatable bonds is 3. The summed E-state index contributed by atoms with van der Waals surface area (Å²) >= 11 is 5.94. The molecular weight excluding hydrogens is 263 g/mol. The lowest BCUT2D eigenvalue weighted by Gasteiger charge is -2.40. The zero-order valence-corrected chi connectivity index (χ0v) is 12.3. The maximum absolute atomic E-state index is 13.5. The Kier molecular flexibility index (Phi) is 4.82. The van der Waals surface area contributed by atoms with E-state index in [1.807, 2.05) is 6.07 Å². The smallest absolute Gasteiger partial charge is 0.125 e. The lowest BCUT2D eigenvalue weighted by molar-refractivity contribution is 0.0982. The lowest BCUT2D eigenvalue weighted by atomic mass is 9.87. The zero-order chi connectivity index (χ0) is 14.0. The summed E-state index contributed by atoms with van der Waals surface area (Å²) < 4.78 is 13.5. The number of halogens is 2. The SMILES string of the molecule is CC1CCN(C(CN)c2cc(F)cc(Cl)c2)CC1C. The summed E-state index contributed by atoms with van der Waals surface area (Å²) in [5, 5.41) is 0.437. The summed E-state index contributed by atoms with van der Waals surface area (Å²) in [6.07, 6.45) is 1.17. The number of piperidine rings is 1. The Hall–Kier alpha value is -0.640. The van der Waals surface area contributed by atoms with Crippen molar-refractivity contribution in [3.8, 4) is 0 Å². The van der Waals surface area contributed by atoms with Gasteiger partial charge in [-0.25, -0.2) is 4.39 Å². The van der Waals surface area contributed by atoms with E-state index in [2.05, 4.69) is 18.7 Å². The summed E-state index contributed by atoms with van der Waals surface area (Å²) in [6.45, 7) is 7.07. The third kappa shape index (κ3) is 3.47. The van der Waals surface area contributed by atoms with Crippen LogP contribution in [-0.4, -0.2) is 24.5 Å². The van der Waals surface area contributed by atoms with Gasteiger partial charge in [0.15, 0.2) is 0 Å². The first-order chi connectivity index (χ1) is 9.01. The second-order valence-electron chi connectivity index (χ2n) is 5.69. The van der Waals surface area contributed by atoms with Gasteiger partial charge < -0.3 is 5.73 Å². The normalized spacial score (nSPS) is 26.4. The summed E-state index contributed by atoms with van der Waals surface area (Å²) in [5.41, 5.74) is 6.79. The minimum Gasteiger partial charge on any atom is -0.329 e. The average Bonchev–Trinajstić information content (AvgIpc) is 2.33. The molecule has 0 aromatic heterocycles. The van der Waals surface area contributed by atoms with Gasteiger partial charge in [-0.2, -0.15) is 0 Å². The van der Waals surface area contributed by atoms with Crippen LogP contribution in [0.25, 0.3) is 0 Å². The van der Waals surface area contributed by atoms with E-state index in [1.165, 1.54) is 12.5 Å². The van der Waals surface area contributed by atoms with Crippen molar-refractivity contribution in [2.24, 2.45) is 17.6 Å². The highest BCUT2D eigenvalue weighted by atomic mass is 35.5. The fourth-order valence-corrected chi connectivity index (χ4v) is 3.07. The van der Waals surface area contributed by atoms with Gasteiger partial charge >= 0.3 is 0 Å². The molecule has 0 spiro atoms. The van der Waals surface area contributed by atoms with Gasteiger partial charge in [-0.1, -0.05) is 25.4 Å². The molecule has 1 heterocycles. The molecule has 1 aromatic rings. The van der Waals surface area contributed by atoms with Crippen LogP contribution >= 0.6 is 11.6 Å². The number of nitrogens with zero attached hydrogens (tertiary/aromatic N) is 1. The highest BCUT2D eigenvalue weighted by Gasteiger charge is 2.28. The van der Waals surface area contributed by atoms with Crippen molar-refractivity contribution >= 4 is 11.6 Å². The average molecular weight is 285 g/mol. The molecule has 0 amide bonds. The molecule has 2 nitrogen and oxygen atoms in total. The zero-order valence-electron chi connectivity index (χ0n) is 11.6. The molecule has 0 radical (unpaired) electrons. The fourth-order valence-electron chi connectivity index (χ4n) is 2.84. The predicted molar refractivity (Wildman–Crippen MR) is 77.7 cm³/mol.